The van der Waals surface area contributed by atoms with E-state index in [4.69, 9.17) is 21.9 Å². The van der Waals surface area contributed by atoms with Gasteiger partial charge in [-0.15, -0.1) is 0 Å². The predicted octanol–water partition coefficient (Wildman–Crippen LogP) is 4.24. The van der Waals surface area contributed by atoms with Crippen molar-refractivity contribution in [2.75, 3.05) is 25.1 Å². The molecule has 1 aliphatic heterocycles. The molecular formula is C25H26N4O3S2. The molecule has 176 valence electrons. The van der Waals surface area contributed by atoms with Crippen molar-refractivity contribution in [3.8, 4) is 0 Å². The first kappa shape index (κ1) is 24.1. The molecule has 7 nitrogen and oxygen atoms in total. The number of ether oxygens (including phenoxy) is 1. The highest BCUT2D eigenvalue weighted by atomic mass is 32.2. The molecule has 0 unspecified atom stereocenters. The lowest BCUT2D eigenvalue weighted by Gasteiger charge is -2.14. The van der Waals surface area contributed by atoms with Crippen molar-refractivity contribution in [1.82, 2.24) is 14.3 Å². The Morgan fingerprint density at radius 1 is 1.18 bits per heavy atom. The lowest BCUT2D eigenvalue weighted by Crippen LogP contribution is -2.27. The Bertz CT molecular complexity index is 1300. The van der Waals surface area contributed by atoms with Gasteiger partial charge in [0.15, 0.2) is 0 Å². The SMILES string of the molecule is CCOCCCNc1nc2c(C)cccn2c(=O)c1C=C1SC(=S)N(Cc2ccccc2)C1=O. The van der Waals surface area contributed by atoms with Crippen LogP contribution in [0, 0.1) is 6.92 Å². The summed E-state index contributed by atoms with van der Waals surface area (Å²) in [6.07, 6.45) is 4.06. The summed E-state index contributed by atoms with van der Waals surface area (Å²) >= 11 is 6.68. The number of benzene rings is 1. The lowest BCUT2D eigenvalue weighted by molar-refractivity contribution is -0.122. The highest BCUT2D eigenvalue weighted by Gasteiger charge is 2.32. The highest BCUT2D eigenvalue weighted by Crippen LogP contribution is 2.34. The van der Waals surface area contributed by atoms with Crippen LogP contribution >= 0.6 is 24.0 Å². The quantitative estimate of drug-likeness (QED) is 0.271. The Kier molecular flexibility index (Phi) is 7.77. The Labute approximate surface area is 207 Å². The number of fused-ring (bicyclic) bond motifs is 1. The number of carbonyl (C=O) groups excluding carboxylic acids is 1. The summed E-state index contributed by atoms with van der Waals surface area (Å²) < 4.78 is 7.38. The minimum Gasteiger partial charge on any atom is -0.382 e. The van der Waals surface area contributed by atoms with Gasteiger partial charge in [-0.2, -0.15) is 0 Å². The van der Waals surface area contributed by atoms with E-state index in [-0.39, 0.29) is 11.5 Å². The van der Waals surface area contributed by atoms with E-state index >= 15 is 0 Å². The number of aryl methyl sites for hydroxylation is 1. The molecule has 1 saturated heterocycles. The van der Waals surface area contributed by atoms with E-state index in [1.807, 2.05) is 56.3 Å². The van der Waals surface area contributed by atoms with Crippen molar-refractivity contribution in [1.29, 1.82) is 0 Å². The zero-order valence-corrected chi connectivity index (χ0v) is 20.7. The lowest BCUT2D eigenvalue weighted by atomic mass is 10.2. The van der Waals surface area contributed by atoms with E-state index < -0.39 is 0 Å². The van der Waals surface area contributed by atoms with E-state index in [2.05, 4.69) is 5.32 Å². The van der Waals surface area contributed by atoms with Gasteiger partial charge >= 0.3 is 0 Å². The van der Waals surface area contributed by atoms with Crippen LogP contribution in [0.2, 0.25) is 0 Å². The molecule has 1 fully saturated rings. The third-order valence-electron chi connectivity index (χ3n) is 5.38. The van der Waals surface area contributed by atoms with E-state index in [1.54, 1.807) is 17.2 Å². The molecule has 2 aromatic heterocycles. The maximum atomic E-state index is 13.4. The van der Waals surface area contributed by atoms with Gasteiger partial charge in [-0.05, 0) is 43.5 Å². The summed E-state index contributed by atoms with van der Waals surface area (Å²) in [6, 6.07) is 13.4. The number of carbonyl (C=O) groups is 1. The first-order valence-corrected chi connectivity index (χ1v) is 12.3. The van der Waals surface area contributed by atoms with Crippen molar-refractivity contribution >= 4 is 51.7 Å². The molecule has 0 spiro atoms. The number of hydrogen-bond donors (Lipinski definition) is 1. The van der Waals surface area contributed by atoms with Crippen molar-refractivity contribution in [3.05, 3.63) is 80.6 Å². The molecule has 0 aliphatic carbocycles. The van der Waals surface area contributed by atoms with E-state index in [0.29, 0.717) is 52.6 Å². The van der Waals surface area contributed by atoms with Crippen LogP contribution in [0.25, 0.3) is 11.7 Å². The highest BCUT2D eigenvalue weighted by molar-refractivity contribution is 8.26. The van der Waals surface area contributed by atoms with E-state index in [0.717, 1.165) is 17.5 Å². The van der Waals surface area contributed by atoms with Crippen LogP contribution in [0.1, 0.15) is 30.0 Å². The van der Waals surface area contributed by atoms with Crippen molar-refractivity contribution in [2.24, 2.45) is 0 Å². The standard InChI is InChI=1S/C25H26N4O3S2/c1-3-32-14-8-12-26-21-19(23(30)28-13-7-9-17(2)22(28)27-21)15-20-24(31)29(25(33)34-20)16-18-10-5-4-6-11-18/h4-7,9-11,13,15,26H,3,8,12,14,16H2,1-2H3. The fourth-order valence-electron chi connectivity index (χ4n) is 3.64. The van der Waals surface area contributed by atoms with Crippen LogP contribution in [0.5, 0.6) is 0 Å². The largest absolute Gasteiger partial charge is 0.382 e. The van der Waals surface area contributed by atoms with Crippen molar-refractivity contribution in [3.63, 3.8) is 0 Å². The van der Waals surface area contributed by atoms with Gasteiger partial charge in [-0.25, -0.2) is 4.98 Å². The fraction of sp³-hybridized carbons (Fsp3) is 0.280. The Balaban J connectivity index is 1.68. The maximum Gasteiger partial charge on any atom is 0.267 e. The summed E-state index contributed by atoms with van der Waals surface area (Å²) in [5.74, 6) is 0.235. The summed E-state index contributed by atoms with van der Waals surface area (Å²) in [4.78, 5) is 33.3. The van der Waals surface area contributed by atoms with Gasteiger partial charge in [0.1, 0.15) is 15.8 Å². The number of nitrogens with zero attached hydrogens (tertiary/aromatic N) is 3. The topological polar surface area (TPSA) is 75.9 Å². The number of thiocarbonyl (C=S) groups is 1. The van der Waals surface area contributed by atoms with Crippen LogP contribution in [0.3, 0.4) is 0 Å². The van der Waals surface area contributed by atoms with Gasteiger partial charge in [-0.1, -0.05) is 60.4 Å². The predicted molar refractivity (Wildman–Crippen MR) is 141 cm³/mol. The van der Waals surface area contributed by atoms with Gasteiger partial charge in [0.05, 0.1) is 17.0 Å². The van der Waals surface area contributed by atoms with Gasteiger partial charge in [0.2, 0.25) is 0 Å². The van der Waals surface area contributed by atoms with Crippen LogP contribution in [-0.2, 0) is 16.1 Å². The minimum absolute atomic E-state index is 0.213. The number of anilines is 1. The molecule has 3 aromatic rings. The van der Waals surface area contributed by atoms with Crippen LogP contribution in [0.4, 0.5) is 5.82 Å². The molecular weight excluding hydrogens is 468 g/mol. The summed E-state index contributed by atoms with van der Waals surface area (Å²) in [6.45, 7) is 6.11. The Morgan fingerprint density at radius 2 is 1.97 bits per heavy atom. The normalized spacial score (nSPS) is 15.0. The molecule has 34 heavy (non-hydrogen) atoms. The average Bonchev–Trinajstić information content (AvgIpc) is 3.10. The second-order valence-corrected chi connectivity index (χ2v) is 9.47. The minimum atomic E-state index is -0.241. The number of amides is 1. The van der Waals surface area contributed by atoms with Gasteiger partial charge < -0.3 is 10.1 Å². The smallest absolute Gasteiger partial charge is 0.267 e. The molecule has 0 saturated carbocycles. The van der Waals surface area contributed by atoms with Crippen molar-refractivity contribution in [2.45, 2.75) is 26.8 Å². The summed E-state index contributed by atoms with van der Waals surface area (Å²) in [5, 5.41) is 3.27. The zero-order valence-electron chi connectivity index (χ0n) is 19.1. The molecule has 1 aromatic carbocycles. The molecule has 1 N–H and O–H groups in total. The third kappa shape index (κ3) is 5.22. The van der Waals surface area contributed by atoms with E-state index in [1.165, 1.54) is 16.2 Å². The maximum absolute atomic E-state index is 13.4. The molecule has 0 atom stereocenters. The molecule has 4 rings (SSSR count). The second-order valence-electron chi connectivity index (χ2n) is 7.79. The fourth-order valence-corrected chi connectivity index (χ4v) is 4.87. The van der Waals surface area contributed by atoms with E-state index in [9.17, 15) is 9.59 Å². The Morgan fingerprint density at radius 3 is 2.74 bits per heavy atom. The van der Waals surface area contributed by atoms with Crippen LogP contribution in [0.15, 0.2) is 58.4 Å². The molecule has 3 heterocycles. The molecule has 1 amide bonds. The molecule has 0 bridgehead atoms. The third-order valence-corrected chi connectivity index (χ3v) is 6.76. The molecule has 0 radical (unpaired) electrons. The van der Waals surface area contributed by atoms with Crippen LogP contribution < -0.4 is 10.9 Å². The summed E-state index contributed by atoms with van der Waals surface area (Å²) in [5.41, 5.74) is 2.54. The van der Waals surface area contributed by atoms with Crippen LogP contribution in [-0.4, -0.2) is 44.3 Å². The number of aromatic nitrogens is 2. The summed E-state index contributed by atoms with van der Waals surface area (Å²) in [7, 11) is 0. The van der Waals surface area contributed by atoms with Gasteiger partial charge in [0.25, 0.3) is 11.5 Å². The number of rotatable bonds is 9. The van der Waals surface area contributed by atoms with Gasteiger partial charge in [-0.3, -0.25) is 18.9 Å². The molecule has 1 aliphatic rings. The zero-order chi connectivity index (χ0) is 24.1. The first-order chi connectivity index (χ1) is 16.5. The monoisotopic (exact) mass is 494 g/mol. The number of thioether (sulfide) groups is 1. The second kappa shape index (κ2) is 10.9. The molecule has 9 heteroatoms. The first-order valence-electron chi connectivity index (χ1n) is 11.1. The van der Waals surface area contributed by atoms with Crippen molar-refractivity contribution < 1.29 is 9.53 Å². The van der Waals surface area contributed by atoms with Gasteiger partial charge in [0, 0.05) is 26.0 Å². The Hall–Kier alpha value is -3.01. The average molecular weight is 495 g/mol. The number of nitrogens with one attached hydrogen (secondary N) is 1. The number of pyridine rings is 1. The number of hydrogen-bond acceptors (Lipinski definition) is 7.